The molecule has 0 saturated heterocycles. The van der Waals surface area contributed by atoms with Crippen molar-refractivity contribution in [2.75, 3.05) is 6.61 Å². The Balaban J connectivity index is 2.04. The van der Waals surface area contributed by atoms with Gasteiger partial charge in [-0.3, -0.25) is 0 Å². The molecule has 7 nitrogen and oxygen atoms in total. The van der Waals surface area contributed by atoms with Crippen LogP contribution in [0, 0.1) is 12.8 Å². The first-order valence-corrected chi connectivity index (χ1v) is 11.6. The van der Waals surface area contributed by atoms with E-state index >= 15 is 0 Å². The molecule has 0 saturated carbocycles. The number of pyridine rings is 2. The van der Waals surface area contributed by atoms with E-state index in [4.69, 9.17) is 15.2 Å². The molecule has 35 heavy (non-hydrogen) atoms. The first-order valence-electron chi connectivity index (χ1n) is 11.6. The molecule has 0 spiro atoms. The normalized spacial score (nSPS) is 13.9. The Bertz CT molecular complexity index is 1210. The molecule has 0 aliphatic rings. The molecular weight excluding hydrogens is 454 g/mol. The first kappa shape index (κ1) is 26.5. The summed E-state index contributed by atoms with van der Waals surface area (Å²) in [5.41, 5.74) is 6.36. The molecular formula is C26H34F2N4O3. The maximum Gasteiger partial charge on any atom is 0.420 e. The lowest BCUT2D eigenvalue weighted by atomic mass is 9.93. The Hall–Kier alpha value is -3.07. The average Bonchev–Trinajstić information content (AvgIpc) is 3.08. The quantitative estimate of drug-likeness (QED) is 0.421. The molecule has 1 atom stereocenters. The Morgan fingerprint density at radius 3 is 2.49 bits per heavy atom. The second kappa shape index (κ2) is 9.89. The maximum atomic E-state index is 14.0. The number of ether oxygens (including phenoxy) is 2. The predicted molar refractivity (Wildman–Crippen MR) is 132 cm³/mol. The molecule has 9 heteroatoms. The van der Waals surface area contributed by atoms with E-state index in [1.54, 1.807) is 33.0 Å². The van der Waals surface area contributed by atoms with Crippen molar-refractivity contribution >= 4 is 17.1 Å². The van der Waals surface area contributed by atoms with Gasteiger partial charge in [0.25, 0.3) is 6.43 Å². The van der Waals surface area contributed by atoms with Crippen molar-refractivity contribution in [2.24, 2.45) is 11.7 Å². The number of hydrogen-bond acceptors (Lipinski definition) is 6. The summed E-state index contributed by atoms with van der Waals surface area (Å²) >= 11 is 0. The smallest absolute Gasteiger partial charge is 0.420 e. The number of carbonyl (C=O) groups excluding carboxylic acids is 1. The molecule has 0 aromatic carbocycles. The van der Waals surface area contributed by atoms with Crippen LogP contribution < -0.4 is 10.5 Å². The van der Waals surface area contributed by atoms with Crippen molar-refractivity contribution in [3.63, 3.8) is 0 Å². The predicted octanol–water partition coefficient (Wildman–Crippen LogP) is 6.27. The lowest BCUT2D eigenvalue weighted by Crippen LogP contribution is -2.43. The van der Waals surface area contributed by atoms with Crippen LogP contribution in [0.3, 0.4) is 0 Å². The van der Waals surface area contributed by atoms with Crippen molar-refractivity contribution in [3.8, 4) is 17.0 Å². The summed E-state index contributed by atoms with van der Waals surface area (Å²) in [5.74, 6) is 0.317. The number of rotatable bonds is 7. The first-order chi connectivity index (χ1) is 16.2. The van der Waals surface area contributed by atoms with E-state index in [1.807, 2.05) is 33.8 Å². The number of fused-ring (bicyclic) bond motifs is 1. The molecule has 0 aliphatic heterocycles. The third-order valence-electron chi connectivity index (χ3n) is 5.17. The van der Waals surface area contributed by atoms with Crippen LogP contribution in [0.15, 0.2) is 30.6 Å². The second-order valence-corrected chi connectivity index (χ2v) is 10.7. The van der Waals surface area contributed by atoms with Gasteiger partial charge in [-0.2, -0.15) is 0 Å². The van der Waals surface area contributed by atoms with E-state index in [0.717, 1.165) is 5.56 Å². The van der Waals surface area contributed by atoms with E-state index in [2.05, 4.69) is 9.97 Å². The van der Waals surface area contributed by atoms with Gasteiger partial charge in [-0.15, -0.1) is 0 Å². The number of carbonyl (C=O) groups is 1. The highest BCUT2D eigenvalue weighted by atomic mass is 19.3. The van der Waals surface area contributed by atoms with Crippen LogP contribution in [0.25, 0.3) is 22.3 Å². The number of alkyl halides is 2. The van der Waals surface area contributed by atoms with Gasteiger partial charge in [0, 0.05) is 28.9 Å². The monoisotopic (exact) mass is 488 g/mol. The number of aromatic nitrogens is 3. The van der Waals surface area contributed by atoms with Crippen molar-refractivity contribution in [2.45, 2.75) is 72.5 Å². The Morgan fingerprint density at radius 2 is 1.89 bits per heavy atom. The zero-order valence-electron chi connectivity index (χ0n) is 21.4. The van der Waals surface area contributed by atoms with Crippen LogP contribution in [-0.2, 0) is 4.74 Å². The fraction of sp³-hybridized carbons (Fsp3) is 0.500. The van der Waals surface area contributed by atoms with Crippen molar-refractivity contribution in [1.29, 1.82) is 0 Å². The van der Waals surface area contributed by atoms with E-state index < -0.39 is 29.4 Å². The average molecular weight is 489 g/mol. The molecule has 3 rings (SSSR count). The molecule has 0 aliphatic carbocycles. The number of hydrogen-bond donors (Lipinski definition) is 1. The van der Waals surface area contributed by atoms with Gasteiger partial charge < -0.3 is 15.2 Å². The van der Waals surface area contributed by atoms with Crippen LogP contribution in [-0.4, -0.2) is 38.4 Å². The summed E-state index contributed by atoms with van der Waals surface area (Å²) in [5, 5.41) is 0.601. The molecule has 0 bridgehead atoms. The number of nitrogens with zero attached hydrogens (tertiary/aromatic N) is 3. The van der Waals surface area contributed by atoms with Crippen LogP contribution in [0.2, 0.25) is 0 Å². The van der Waals surface area contributed by atoms with Gasteiger partial charge in [0.05, 0.1) is 5.69 Å². The van der Waals surface area contributed by atoms with E-state index in [0.29, 0.717) is 28.9 Å². The minimum absolute atomic E-state index is 0.0191. The number of aryl methyl sites for hydroxylation is 1. The molecule has 1 unspecified atom stereocenters. The highest BCUT2D eigenvalue weighted by molar-refractivity contribution is 5.98. The number of nitrogens with two attached hydrogens (primary N) is 1. The van der Waals surface area contributed by atoms with E-state index in [1.165, 1.54) is 16.8 Å². The number of halogens is 2. The minimum Gasteiger partial charge on any atom is -0.490 e. The Kier molecular flexibility index (Phi) is 7.50. The Morgan fingerprint density at radius 1 is 1.20 bits per heavy atom. The second-order valence-electron chi connectivity index (χ2n) is 10.7. The molecule has 0 fully saturated rings. The lowest BCUT2D eigenvalue weighted by molar-refractivity contribution is 0.0543. The molecule has 3 aromatic rings. The van der Waals surface area contributed by atoms with Crippen LogP contribution >= 0.6 is 0 Å². The van der Waals surface area contributed by atoms with Crippen LogP contribution in [0.4, 0.5) is 13.6 Å². The van der Waals surface area contributed by atoms with Crippen molar-refractivity contribution < 1.29 is 23.0 Å². The minimum atomic E-state index is -2.86. The summed E-state index contributed by atoms with van der Waals surface area (Å²) in [6.45, 7) is 13.1. The largest absolute Gasteiger partial charge is 0.490 e. The Labute approximate surface area is 204 Å². The van der Waals surface area contributed by atoms with Crippen LogP contribution in [0.1, 0.15) is 65.6 Å². The fourth-order valence-electron chi connectivity index (χ4n) is 3.99. The highest BCUT2D eigenvalue weighted by Crippen LogP contribution is 2.35. The molecule has 3 aromatic heterocycles. The molecule has 3 heterocycles. The van der Waals surface area contributed by atoms with Crippen LogP contribution in [0.5, 0.6) is 5.75 Å². The molecule has 190 valence electrons. The lowest BCUT2D eigenvalue weighted by Gasteiger charge is -2.27. The zero-order valence-corrected chi connectivity index (χ0v) is 21.4. The molecule has 0 amide bonds. The highest BCUT2D eigenvalue weighted by Gasteiger charge is 2.26. The van der Waals surface area contributed by atoms with Gasteiger partial charge in [0.15, 0.2) is 0 Å². The van der Waals surface area contributed by atoms with Gasteiger partial charge in [-0.05, 0) is 70.7 Å². The third kappa shape index (κ3) is 6.54. The van der Waals surface area contributed by atoms with Gasteiger partial charge in [0.2, 0.25) is 0 Å². The maximum absolute atomic E-state index is 14.0. The van der Waals surface area contributed by atoms with Gasteiger partial charge in [-0.25, -0.2) is 28.1 Å². The van der Waals surface area contributed by atoms with Crippen molar-refractivity contribution in [3.05, 3.63) is 41.9 Å². The van der Waals surface area contributed by atoms with E-state index in [9.17, 15) is 13.6 Å². The topological polar surface area (TPSA) is 92.3 Å². The summed E-state index contributed by atoms with van der Waals surface area (Å²) in [6, 6.07) is 4.89. The van der Waals surface area contributed by atoms with Gasteiger partial charge in [0.1, 0.15) is 29.3 Å². The molecule has 2 N–H and O–H groups in total. The zero-order chi connectivity index (χ0) is 26.1. The summed E-state index contributed by atoms with van der Waals surface area (Å²) in [7, 11) is 0. The van der Waals surface area contributed by atoms with Gasteiger partial charge in [-0.1, -0.05) is 13.8 Å². The van der Waals surface area contributed by atoms with Gasteiger partial charge >= 0.3 is 6.09 Å². The summed E-state index contributed by atoms with van der Waals surface area (Å²) in [6.07, 6.45) is 0.342. The summed E-state index contributed by atoms with van der Waals surface area (Å²) < 4.78 is 40.4. The SMILES string of the molecule is Cc1cnc2c(c1)c(-c1ccc(OCC(C)(N)CC(C)C)c(C(F)F)n1)cn2C(=O)OC(C)(C)C. The standard InChI is InChI=1S/C26H34F2N4O3/c1-15(2)11-26(7,29)14-34-20-9-8-19(31-21(20)22(27)28)18-13-32(24(33)35-25(4,5)6)23-17(18)10-16(3)12-30-23/h8-10,12-13,15,22H,11,14,29H2,1-7H3. The van der Waals surface area contributed by atoms with Crippen molar-refractivity contribution in [1.82, 2.24) is 14.5 Å². The third-order valence-corrected chi connectivity index (χ3v) is 5.17. The fourth-order valence-corrected chi connectivity index (χ4v) is 3.99. The van der Waals surface area contributed by atoms with E-state index in [-0.39, 0.29) is 18.1 Å². The molecule has 0 radical (unpaired) electrons. The summed E-state index contributed by atoms with van der Waals surface area (Å²) in [4.78, 5) is 21.4.